The number of halogens is 1. The number of hydrogen-bond acceptors (Lipinski definition) is 5. The minimum absolute atomic E-state index is 0.746. The Kier molecular flexibility index (Phi) is 6.74. The molecular formula is C9H12ClO2PS3. The van der Waals surface area contributed by atoms with Crippen molar-refractivity contribution in [2.75, 3.05) is 19.3 Å². The van der Waals surface area contributed by atoms with Crippen molar-refractivity contribution in [1.29, 1.82) is 0 Å². The van der Waals surface area contributed by atoms with Gasteiger partial charge in [0.15, 0.2) is 0 Å². The summed E-state index contributed by atoms with van der Waals surface area (Å²) in [6.45, 7) is 0. The van der Waals surface area contributed by atoms with E-state index in [2.05, 4.69) is 0 Å². The minimum Gasteiger partial charge on any atom is -0.325 e. The summed E-state index contributed by atoms with van der Waals surface area (Å²) in [6.07, 6.45) is 0. The highest BCUT2D eigenvalue weighted by Crippen LogP contribution is 2.60. The lowest BCUT2D eigenvalue weighted by Gasteiger charge is -2.15. The van der Waals surface area contributed by atoms with Crippen LogP contribution < -0.4 is 0 Å². The van der Waals surface area contributed by atoms with Crippen LogP contribution >= 0.6 is 40.4 Å². The van der Waals surface area contributed by atoms with Crippen LogP contribution in [0.4, 0.5) is 0 Å². The molecule has 0 fully saturated rings. The molecule has 0 saturated carbocycles. The Morgan fingerprint density at radius 2 is 1.81 bits per heavy atom. The Hall–Kier alpha value is 0.780. The van der Waals surface area contributed by atoms with Crippen molar-refractivity contribution < 1.29 is 9.05 Å². The molecule has 2 nitrogen and oxygen atoms in total. The van der Waals surface area contributed by atoms with Crippen LogP contribution in [0.15, 0.2) is 29.2 Å². The number of rotatable bonds is 6. The lowest BCUT2D eigenvalue weighted by Crippen LogP contribution is -1.83. The fraction of sp³-hybridized carbons (Fsp3) is 0.333. The Bertz CT molecular complexity index is 364. The third-order valence-corrected chi connectivity index (χ3v) is 9.29. The van der Waals surface area contributed by atoms with Crippen molar-refractivity contribution >= 4 is 52.2 Å². The maximum atomic E-state index is 5.80. The molecule has 0 radical (unpaired) electrons. The molecule has 0 atom stereocenters. The van der Waals surface area contributed by atoms with Gasteiger partial charge < -0.3 is 9.05 Å². The number of benzene rings is 1. The minimum atomic E-state index is -2.12. The van der Waals surface area contributed by atoms with Crippen molar-refractivity contribution in [2.45, 2.75) is 4.90 Å². The molecular weight excluding hydrogens is 303 g/mol. The van der Waals surface area contributed by atoms with Gasteiger partial charge in [0.25, 0.3) is 0 Å². The Labute approximate surface area is 114 Å². The summed E-state index contributed by atoms with van der Waals surface area (Å²) in [4.78, 5) is 1.16. The lowest BCUT2D eigenvalue weighted by molar-refractivity contribution is 0.354. The van der Waals surface area contributed by atoms with Gasteiger partial charge in [-0.1, -0.05) is 23.0 Å². The predicted octanol–water partition coefficient (Wildman–Crippen LogP) is 4.64. The van der Waals surface area contributed by atoms with E-state index in [1.54, 1.807) is 26.0 Å². The molecule has 90 valence electrons. The highest BCUT2D eigenvalue weighted by Gasteiger charge is 2.15. The molecule has 1 aromatic carbocycles. The molecule has 7 heteroatoms. The van der Waals surface area contributed by atoms with Gasteiger partial charge in [0.05, 0.1) is 5.08 Å². The second-order valence-corrected chi connectivity index (χ2v) is 11.0. The maximum Gasteiger partial charge on any atom is 0.247 e. The monoisotopic (exact) mass is 314 g/mol. The van der Waals surface area contributed by atoms with Crippen LogP contribution in [0.5, 0.6) is 0 Å². The summed E-state index contributed by atoms with van der Waals surface area (Å²) in [7, 11) is 3.18. The first-order valence-electron chi connectivity index (χ1n) is 4.34. The molecule has 0 saturated heterocycles. The van der Waals surface area contributed by atoms with E-state index in [0.29, 0.717) is 0 Å². The van der Waals surface area contributed by atoms with E-state index in [1.165, 1.54) is 11.4 Å². The van der Waals surface area contributed by atoms with Gasteiger partial charge in [0.2, 0.25) is 5.69 Å². The average molecular weight is 315 g/mol. The fourth-order valence-corrected chi connectivity index (χ4v) is 6.39. The molecule has 0 bridgehead atoms. The molecule has 1 aromatic rings. The first-order valence-corrected chi connectivity index (χ1v) is 9.93. The highest BCUT2D eigenvalue weighted by molar-refractivity contribution is 8.69. The largest absolute Gasteiger partial charge is 0.325 e. The van der Waals surface area contributed by atoms with E-state index in [1.807, 2.05) is 24.3 Å². The predicted molar refractivity (Wildman–Crippen MR) is 78.1 cm³/mol. The van der Waals surface area contributed by atoms with E-state index < -0.39 is 5.69 Å². The molecule has 0 spiro atoms. The van der Waals surface area contributed by atoms with Gasteiger partial charge in [-0.15, -0.1) is 11.8 Å². The van der Waals surface area contributed by atoms with E-state index in [4.69, 9.17) is 32.5 Å². The number of hydrogen-bond donors (Lipinski definition) is 0. The normalized spacial score (nSPS) is 11.7. The van der Waals surface area contributed by atoms with Crippen LogP contribution in [-0.4, -0.2) is 19.3 Å². The molecule has 0 aliphatic carbocycles. The molecule has 16 heavy (non-hydrogen) atoms. The zero-order valence-corrected chi connectivity index (χ0v) is 13.0. The first-order chi connectivity index (χ1) is 7.59. The topological polar surface area (TPSA) is 18.5 Å². The van der Waals surface area contributed by atoms with Crippen LogP contribution in [-0.2, 0) is 20.9 Å². The molecule has 0 N–H and O–H groups in total. The molecule has 0 aliphatic heterocycles. The van der Waals surface area contributed by atoms with Gasteiger partial charge >= 0.3 is 0 Å². The standard InChI is InChI=1S/C9H12ClO2PS3/c1-11-13(14,12-2)16-7-15-9-5-3-8(10)4-6-9/h3-6H,7H2,1-2H3. The van der Waals surface area contributed by atoms with Gasteiger partial charge in [0, 0.05) is 24.1 Å². The van der Waals surface area contributed by atoms with Gasteiger partial charge in [0.1, 0.15) is 0 Å². The van der Waals surface area contributed by atoms with E-state index in [9.17, 15) is 0 Å². The zero-order valence-electron chi connectivity index (χ0n) is 8.88. The molecule has 0 heterocycles. The van der Waals surface area contributed by atoms with Crippen molar-refractivity contribution in [3.8, 4) is 0 Å². The Balaban J connectivity index is 2.41. The van der Waals surface area contributed by atoms with Gasteiger partial charge in [-0.05, 0) is 36.1 Å². The van der Waals surface area contributed by atoms with Gasteiger partial charge in [-0.25, -0.2) is 0 Å². The summed E-state index contributed by atoms with van der Waals surface area (Å²) in [5.74, 6) is 0. The van der Waals surface area contributed by atoms with Gasteiger partial charge in [-0.2, -0.15) is 0 Å². The lowest BCUT2D eigenvalue weighted by atomic mass is 10.4. The van der Waals surface area contributed by atoms with E-state index >= 15 is 0 Å². The SMILES string of the molecule is COP(=S)(OC)SCSc1ccc(Cl)cc1. The van der Waals surface area contributed by atoms with Crippen LogP contribution in [0, 0.1) is 0 Å². The van der Waals surface area contributed by atoms with Crippen LogP contribution in [0.3, 0.4) is 0 Å². The molecule has 0 aromatic heterocycles. The van der Waals surface area contributed by atoms with Crippen LogP contribution in [0.2, 0.25) is 5.02 Å². The molecule has 0 aliphatic rings. The molecule has 0 unspecified atom stereocenters. The maximum absolute atomic E-state index is 5.80. The van der Waals surface area contributed by atoms with Crippen LogP contribution in [0.25, 0.3) is 0 Å². The fourth-order valence-electron chi connectivity index (χ4n) is 0.870. The third kappa shape index (κ3) is 4.96. The average Bonchev–Trinajstić information content (AvgIpc) is 2.31. The van der Waals surface area contributed by atoms with E-state index in [0.717, 1.165) is 15.0 Å². The Morgan fingerprint density at radius 3 is 2.31 bits per heavy atom. The second kappa shape index (κ2) is 7.27. The van der Waals surface area contributed by atoms with Crippen molar-refractivity contribution in [3.05, 3.63) is 29.3 Å². The molecule has 1 rings (SSSR count). The van der Waals surface area contributed by atoms with E-state index in [-0.39, 0.29) is 0 Å². The summed E-state index contributed by atoms with van der Waals surface area (Å²) < 4.78 is 10.4. The summed E-state index contributed by atoms with van der Waals surface area (Å²) in [6, 6.07) is 7.71. The number of thioether (sulfide) groups is 1. The quantitative estimate of drug-likeness (QED) is 0.431. The van der Waals surface area contributed by atoms with Gasteiger partial charge in [-0.3, -0.25) is 0 Å². The van der Waals surface area contributed by atoms with Crippen molar-refractivity contribution in [2.24, 2.45) is 0 Å². The second-order valence-electron chi connectivity index (χ2n) is 2.66. The van der Waals surface area contributed by atoms with Crippen molar-refractivity contribution in [1.82, 2.24) is 0 Å². The summed E-state index contributed by atoms with van der Waals surface area (Å²) >= 11 is 14.3. The smallest absolute Gasteiger partial charge is 0.247 e. The highest BCUT2D eigenvalue weighted by atomic mass is 35.5. The first kappa shape index (κ1) is 14.8. The molecule has 0 amide bonds. The zero-order chi connectivity index (χ0) is 12.0. The summed E-state index contributed by atoms with van der Waals surface area (Å²) in [5, 5.41) is 1.55. The summed E-state index contributed by atoms with van der Waals surface area (Å²) in [5.41, 5.74) is -2.12. The van der Waals surface area contributed by atoms with Crippen LogP contribution in [0.1, 0.15) is 0 Å². The Morgan fingerprint density at radius 1 is 1.25 bits per heavy atom. The van der Waals surface area contributed by atoms with Crippen molar-refractivity contribution in [3.63, 3.8) is 0 Å². The third-order valence-electron chi connectivity index (χ3n) is 1.70.